The fourth-order valence-electron chi connectivity index (χ4n) is 3.36. The zero-order valence-electron chi connectivity index (χ0n) is 18.2. The average Bonchev–Trinajstić information content (AvgIpc) is 3.23. The highest BCUT2D eigenvalue weighted by Gasteiger charge is 2.16. The van der Waals surface area contributed by atoms with Crippen molar-refractivity contribution in [1.82, 2.24) is 25.2 Å². The maximum atomic E-state index is 5.50. The summed E-state index contributed by atoms with van der Waals surface area (Å²) in [7, 11) is 5.79. The van der Waals surface area contributed by atoms with Gasteiger partial charge < -0.3 is 14.7 Å². The molecule has 0 saturated carbocycles. The summed E-state index contributed by atoms with van der Waals surface area (Å²) >= 11 is 0. The van der Waals surface area contributed by atoms with Crippen molar-refractivity contribution in [2.75, 3.05) is 14.1 Å². The molecule has 0 unspecified atom stereocenters. The van der Waals surface area contributed by atoms with E-state index in [0.717, 1.165) is 42.5 Å². The van der Waals surface area contributed by atoms with Crippen LogP contribution in [-0.2, 0) is 20.1 Å². The molecule has 2 aromatic heterocycles. The molecule has 7 nitrogen and oxygen atoms in total. The third-order valence-corrected chi connectivity index (χ3v) is 4.87. The predicted molar refractivity (Wildman–Crippen MR) is 124 cm³/mol. The Bertz CT molecular complexity index is 748. The Morgan fingerprint density at radius 1 is 1.32 bits per heavy atom. The van der Waals surface area contributed by atoms with E-state index in [9.17, 15) is 0 Å². The van der Waals surface area contributed by atoms with E-state index < -0.39 is 0 Å². The van der Waals surface area contributed by atoms with Gasteiger partial charge in [-0.25, -0.2) is 0 Å². The number of aryl methyl sites for hydroxylation is 1. The molecule has 8 heteroatoms. The predicted octanol–water partition coefficient (Wildman–Crippen LogP) is 4.26. The van der Waals surface area contributed by atoms with Crippen molar-refractivity contribution in [3.63, 3.8) is 0 Å². The maximum Gasteiger partial charge on any atom is 0.194 e. The first-order valence-corrected chi connectivity index (χ1v) is 9.79. The minimum absolute atomic E-state index is 0. The lowest BCUT2D eigenvalue weighted by atomic mass is 9.99. The molecule has 28 heavy (non-hydrogen) atoms. The van der Waals surface area contributed by atoms with Gasteiger partial charge in [0.1, 0.15) is 0 Å². The number of hydrogen-bond acceptors (Lipinski definition) is 4. The molecule has 2 heterocycles. The number of nitrogens with zero attached hydrogens (tertiary/aromatic N) is 5. The highest BCUT2D eigenvalue weighted by atomic mass is 127. The van der Waals surface area contributed by atoms with Crippen LogP contribution in [0.3, 0.4) is 0 Å². The van der Waals surface area contributed by atoms with Crippen LogP contribution in [0.5, 0.6) is 0 Å². The minimum atomic E-state index is 0. The van der Waals surface area contributed by atoms with Gasteiger partial charge in [0.2, 0.25) is 0 Å². The van der Waals surface area contributed by atoms with E-state index in [4.69, 9.17) is 4.52 Å². The molecule has 1 N–H and O–H groups in total. The summed E-state index contributed by atoms with van der Waals surface area (Å²) in [6.07, 6.45) is 4.23. The number of aromatic nitrogens is 3. The summed E-state index contributed by atoms with van der Waals surface area (Å²) in [4.78, 5) is 6.50. The Balaban J connectivity index is 0.00000392. The van der Waals surface area contributed by atoms with Gasteiger partial charge in [0.15, 0.2) is 11.7 Å². The van der Waals surface area contributed by atoms with Gasteiger partial charge in [0.25, 0.3) is 0 Å². The fourth-order valence-corrected chi connectivity index (χ4v) is 3.36. The lowest BCUT2D eigenvalue weighted by molar-refractivity contribution is 0.365. The molecule has 0 spiro atoms. The number of halogens is 1. The molecule has 0 aliphatic carbocycles. The Morgan fingerprint density at radius 2 is 2.00 bits per heavy atom. The Morgan fingerprint density at radius 3 is 2.57 bits per heavy atom. The molecule has 0 aliphatic heterocycles. The van der Waals surface area contributed by atoms with Gasteiger partial charge in [0, 0.05) is 51.4 Å². The average molecular weight is 502 g/mol. The van der Waals surface area contributed by atoms with Crippen LogP contribution < -0.4 is 5.32 Å². The van der Waals surface area contributed by atoms with Crippen molar-refractivity contribution in [2.24, 2.45) is 12.0 Å². The van der Waals surface area contributed by atoms with Crippen LogP contribution in [0.25, 0.3) is 0 Å². The molecule has 0 bridgehead atoms. The van der Waals surface area contributed by atoms with E-state index in [1.54, 1.807) is 7.05 Å². The molecule has 0 atom stereocenters. The molecule has 2 rings (SSSR count). The third-order valence-electron chi connectivity index (χ3n) is 4.87. The van der Waals surface area contributed by atoms with E-state index in [0.29, 0.717) is 18.4 Å². The van der Waals surface area contributed by atoms with Crippen molar-refractivity contribution in [1.29, 1.82) is 0 Å². The summed E-state index contributed by atoms with van der Waals surface area (Å²) in [5, 5.41) is 12.2. The largest absolute Gasteiger partial charge is 0.359 e. The molecular formula is C20H35IN6O. The van der Waals surface area contributed by atoms with Crippen molar-refractivity contribution in [2.45, 2.75) is 65.5 Å². The van der Waals surface area contributed by atoms with E-state index in [1.807, 2.05) is 18.8 Å². The number of hydrogen-bond donors (Lipinski definition) is 1. The number of guanidine groups is 1. The third kappa shape index (κ3) is 6.22. The van der Waals surface area contributed by atoms with Gasteiger partial charge in [-0.15, -0.1) is 24.0 Å². The van der Waals surface area contributed by atoms with Crippen molar-refractivity contribution in [3.8, 4) is 0 Å². The maximum absolute atomic E-state index is 5.50. The van der Waals surface area contributed by atoms with Gasteiger partial charge in [-0.05, 0) is 18.8 Å². The molecule has 0 fully saturated rings. The van der Waals surface area contributed by atoms with Crippen LogP contribution in [-0.4, -0.2) is 39.9 Å². The van der Waals surface area contributed by atoms with Crippen molar-refractivity contribution in [3.05, 3.63) is 35.0 Å². The first-order chi connectivity index (χ1) is 12.9. The molecule has 0 saturated heterocycles. The second-order valence-corrected chi connectivity index (χ2v) is 7.36. The summed E-state index contributed by atoms with van der Waals surface area (Å²) < 4.78 is 7.37. The lowest BCUT2D eigenvalue weighted by Crippen LogP contribution is -2.38. The topological polar surface area (TPSA) is 71.5 Å². The van der Waals surface area contributed by atoms with Crippen LogP contribution in [0.1, 0.15) is 75.1 Å². The first kappa shape index (κ1) is 24.5. The Hall–Kier alpha value is -1.58. The molecule has 0 aromatic carbocycles. The van der Waals surface area contributed by atoms with Gasteiger partial charge in [-0.2, -0.15) is 5.10 Å². The second kappa shape index (κ2) is 11.4. The normalized spacial score (nSPS) is 11.8. The number of nitrogens with one attached hydrogen (secondary N) is 1. The van der Waals surface area contributed by atoms with Crippen LogP contribution in [0.15, 0.2) is 21.8 Å². The highest BCUT2D eigenvalue weighted by molar-refractivity contribution is 14.0. The molecular weight excluding hydrogens is 467 g/mol. The highest BCUT2D eigenvalue weighted by Crippen LogP contribution is 2.22. The van der Waals surface area contributed by atoms with Gasteiger partial charge >= 0.3 is 0 Å². The smallest absolute Gasteiger partial charge is 0.194 e. The van der Waals surface area contributed by atoms with Crippen LogP contribution in [0.4, 0.5) is 0 Å². The standard InChI is InChI=1S/C20H34N6O.HI/c1-8-15(9-2)18-10-17(27-24-18)11-22-20(21-5)25(6)12-16-13-26(7)23-19(16)14(3)4;/h10,13-15H,8-9,11-12H2,1-7H3,(H,21,22);1H. The van der Waals surface area contributed by atoms with Crippen molar-refractivity contribution < 1.29 is 4.52 Å². The van der Waals surface area contributed by atoms with Crippen LogP contribution in [0, 0.1) is 0 Å². The first-order valence-electron chi connectivity index (χ1n) is 9.79. The summed E-state index contributed by atoms with van der Waals surface area (Å²) in [6.45, 7) is 10.0. The molecule has 0 amide bonds. The second-order valence-electron chi connectivity index (χ2n) is 7.36. The summed E-state index contributed by atoms with van der Waals surface area (Å²) in [5.74, 6) is 2.50. The molecule has 158 valence electrons. The number of rotatable bonds is 8. The van der Waals surface area contributed by atoms with Gasteiger partial charge in [0.05, 0.1) is 17.9 Å². The quantitative estimate of drug-likeness (QED) is 0.332. The van der Waals surface area contributed by atoms with E-state index in [-0.39, 0.29) is 24.0 Å². The zero-order valence-corrected chi connectivity index (χ0v) is 20.5. The fraction of sp³-hybridized carbons (Fsp3) is 0.650. The van der Waals surface area contributed by atoms with Gasteiger partial charge in [-0.1, -0.05) is 32.9 Å². The zero-order chi connectivity index (χ0) is 20.0. The molecule has 0 radical (unpaired) electrons. The van der Waals surface area contributed by atoms with E-state index >= 15 is 0 Å². The molecule has 2 aromatic rings. The summed E-state index contributed by atoms with van der Waals surface area (Å²) in [5.41, 5.74) is 3.38. The lowest BCUT2D eigenvalue weighted by Gasteiger charge is -2.22. The van der Waals surface area contributed by atoms with Crippen LogP contribution >= 0.6 is 24.0 Å². The Kier molecular flexibility index (Phi) is 9.98. The minimum Gasteiger partial charge on any atom is -0.359 e. The number of aliphatic imine (C=N–C) groups is 1. The van der Waals surface area contributed by atoms with Gasteiger partial charge in [-0.3, -0.25) is 9.67 Å². The molecule has 0 aliphatic rings. The monoisotopic (exact) mass is 502 g/mol. The van der Waals surface area contributed by atoms with E-state index in [2.05, 4.69) is 65.4 Å². The van der Waals surface area contributed by atoms with Crippen LogP contribution in [0.2, 0.25) is 0 Å². The summed E-state index contributed by atoms with van der Waals surface area (Å²) in [6, 6.07) is 2.05. The van der Waals surface area contributed by atoms with Crippen molar-refractivity contribution >= 4 is 29.9 Å². The Labute approximate surface area is 186 Å². The van der Waals surface area contributed by atoms with E-state index in [1.165, 1.54) is 5.56 Å². The SMILES string of the molecule is CCC(CC)c1cc(CNC(=NC)N(C)Cc2cn(C)nc2C(C)C)on1.I.